The van der Waals surface area contributed by atoms with E-state index in [1.54, 1.807) is 11.3 Å². The van der Waals surface area contributed by atoms with Crippen molar-refractivity contribution in [3.05, 3.63) is 58.9 Å². The smallest absolute Gasteiger partial charge is 0.127 e. The molecule has 1 atom stereocenters. The van der Waals surface area contributed by atoms with E-state index in [0.29, 0.717) is 0 Å². The third-order valence-corrected chi connectivity index (χ3v) is 4.60. The molecule has 0 aliphatic heterocycles. The Hall–Kier alpha value is -1.98. The van der Waals surface area contributed by atoms with E-state index in [9.17, 15) is 0 Å². The number of hydrogen-bond donors (Lipinski definition) is 1. The van der Waals surface area contributed by atoms with Crippen molar-refractivity contribution in [2.75, 3.05) is 0 Å². The second kappa shape index (κ2) is 5.79. The Bertz CT molecular complexity index is 730. The summed E-state index contributed by atoms with van der Waals surface area (Å²) in [7, 11) is 1.94. The quantitative estimate of drug-likeness (QED) is 0.805. The van der Waals surface area contributed by atoms with Crippen LogP contribution in [0.4, 0.5) is 0 Å². The Morgan fingerprint density at radius 3 is 2.71 bits per heavy atom. The second-order valence-corrected chi connectivity index (χ2v) is 5.99. The number of aromatic nitrogens is 3. The van der Waals surface area contributed by atoms with Crippen LogP contribution in [0.15, 0.2) is 41.9 Å². The van der Waals surface area contributed by atoms with Gasteiger partial charge in [-0.05, 0) is 12.5 Å². The maximum Gasteiger partial charge on any atom is 0.127 e. The first-order chi connectivity index (χ1) is 10.1. The van der Waals surface area contributed by atoms with Crippen LogP contribution in [-0.2, 0) is 13.5 Å². The minimum Gasteiger partial charge on any atom is -0.324 e. The van der Waals surface area contributed by atoms with Crippen molar-refractivity contribution in [2.24, 2.45) is 12.8 Å². The van der Waals surface area contributed by atoms with Crippen LogP contribution in [0.1, 0.15) is 23.0 Å². The van der Waals surface area contributed by atoms with Crippen LogP contribution in [0.25, 0.3) is 10.6 Å². The van der Waals surface area contributed by atoms with Crippen LogP contribution < -0.4 is 5.73 Å². The maximum atomic E-state index is 6.26. The van der Waals surface area contributed by atoms with Crippen molar-refractivity contribution >= 4 is 11.3 Å². The average molecular weight is 298 g/mol. The molecule has 0 fully saturated rings. The Labute approximate surface area is 128 Å². The van der Waals surface area contributed by atoms with Gasteiger partial charge in [-0.15, -0.1) is 11.3 Å². The van der Waals surface area contributed by atoms with Gasteiger partial charge in [-0.3, -0.25) is 4.68 Å². The molecule has 3 aromatic rings. The topological polar surface area (TPSA) is 56.7 Å². The zero-order valence-electron chi connectivity index (χ0n) is 12.2. The van der Waals surface area contributed by atoms with Crippen molar-refractivity contribution in [1.29, 1.82) is 0 Å². The molecule has 0 radical (unpaired) electrons. The zero-order valence-corrected chi connectivity index (χ0v) is 13.0. The summed E-state index contributed by atoms with van der Waals surface area (Å²) < 4.78 is 1.87. The standard InChI is InChI=1S/C16H18N4S/c1-11-14(9-18-20(11)2)16-19-13(10-21-16)8-15(17)12-6-4-3-5-7-12/h3-7,9-10,15H,8,17H2,1-2H3. The van der Waals surface area contributed by atoms with E-state index in [4.69, 9.17) is 10.7 Å². The Balaban J connectivity index is 1.78. The molecule has 0 bridgehead atoms. The van der Waals surface area contributed by atoms with Gasteiger partial charge in [0.15, 0.2) is 0 Å². The first kappa shape index (κ1) is 14.0. The summed E-state index contributed by atoms with van der Waals surface area (Å²) in [6.45, 7) is 2.05. The lowest BCUT2D eigenvalue weighted by molar-refractivity contribution is 0.710. The Morgan fingerprint density at radius 2 is 2.05 bits per heavy atom. The summed E-state index contributed by atoms with van der Waals surface area (Å²) in [5.74, 6) is 0. The van der Waals surface area contributed by atoms with Crippen molar-refractivity contribution in [3.8, 4) is 10.6 Å². The van der Waals surface area contributed by atoms with Crippen LogP contribution in [-0.4, -0.2) is 14.8 Å². The number of rotatable bonds is 4. The molecule has 1 unspecified atom stereocenters. The van der Waals surface area contributed by atoms with Crippen molar-refractivity contribution in [3.63, 3.8) is 0 Å². The fourth-order valence-electron chi connectivity index (χ4n) is 2.28. The highest BCUT2D eigenvalue weighted by Gasteiger charge is 2.13. The van der Waals surface area contributed by atoms with E-state index in [2.05, 4.69) is 29.5 Å². The summed E-state index contributed by atoms with van der Waals surface area (Å²) in [6.07, 6.45) is 2.62. The molecule has 2 N–H and O–H groups in total. The summed E-state index contributed by atoms with van der Waals surface area (Å²) in [5.41, 5.74) is 10.7. The van der Waals surface area contributed by atoms with E-state index < -0.39 is 0 Å². The SMILES string of the molecule is Cc1c(-c2nc(CC(N)c3ccccc3)cs2)cnn1C. The molecule has 1 aromatic carbocycles. The minimum absolute atomic E-state index is 0.0175. The number of nitrogens with zero attached hydrogens (tertiary/aromatic N) is 3. The monoisotopic (exact) mass is 298 g/mol. The Morgan fingerprint density at radius 1 is 1.29 bits per heavy atom. The van der Waals surface area contributed by atoms with Gasteiger partial charge in [-0.1, -0.05) is 30.3 Å². The van der Waals surface area contributed by atoms with E-state index in [1.165, 1.54) is 0 Å². The molecule has 2 heterocycles. The predicted octanol–water partition coefficient (Wildman–Crippen LogP) is 3.09. The highest BCUT2D eigenvalue weighted by atomic mass is 32.1. The molecular formula is C16H18N4S. The fraction of sp³-hybridized carbons (Fsp3) is 0.250. The van der Waals surface area contributed by atoms with Gasteiger partial charge in [-0.25, -0.2) is 4.98 Å². The number of aryl methyl sites for hydroxylation is 1. The van der Waals surface area contributed by atoms with Gasteiger partial charge in [0.25, 0.3) is 0 Å². The molecule has 3 rings (SSSR count). The molecule has 4 nitrogen and oxygen atoms in total. The van der Waals surface area contributed by atoms with Gasteiger partial charge in [-0.2, -0.15) is 5.10 Å². The second-order valence-electron chi connectivity index (χ2n) is 5.13. The average Bonchev–Trinajstić information content (AvgIpc) is 3.08. The van der Waals surface area contributed by atoms with Gasteiger partial charge < -0.3 is 5.73 Å². The van der Waals surface area contributed by atoms with Gasteiger partial charge in [0.05, 0.1) is 17.5 Å². The predicted molar refractivity (Wildman–Crippen MR) is 86.1 cm³/mol. The van der Waals surface area contributed by atoms with Crippen LogP contribution in [0.5, 0.6) is 0 Å². The van der Waals surface area contributed by atoms with Gasteiger partial charge >= 0.3 is 0 Å². The fourth-order valence-corrected chi connectivity index (χ4v) is 3.17. The van der Waals surface area contributed by atoms with Gasteiger partial charge in [0.1, 0.15) is 5.01 Å². The molecule has 0 saturated carbocycles. The Kier molecular flexibility index (Phi) is 3.86. The number of benzene rings is 1. The van der Waals surface area contributed by atoms with Crippen LogP contribution in [0, 0.1) is 6.92 Å². The molecule has 108 valence electrons. The lowest BCUT2D eigenvalue weighted by atomic mass is 10.0. The molecular weight excluding hydrogens is 280 g/mol. The summed E-state index contributed by atoms with van der Waals surface area (Å²) in [4.78, 5) is 4.71. The van der Waals surface area contributed by atoms with Crippen molar-refractivity contribution < 1.29 is 0 Å². The van der Waals surface area contributed by atoms with E-state index in [0.717, 1.165) is 33.9 Å². The van der Waals surface area contributed by atoms with Crippen LogP contribution >= 0.6 is 11.3 Å². The third kappa shape index (κ3) is 2.89. The summed E-state index contributed by atoms with van der Waals surface area (Å²) in [5, 5.41) is 7.37. The summed E-state index contributed by atoms with van der Waals surface area (Å²) in [6, 6.07) is 10.1. The third-order valence-electron chi connectivity index (χ3n) is 3.67. The maximum absolute atomic E-state index is 6.26. The molecule has 0 aliphatic rings. The molecule has 5 heteroatoms. The lowest BCUT2D eigenvalue weighted by Gasteiger charge is -2.09. The van der Waals surface area contributed by atoms with E-state index >= 15 is 0 Å². The number of hydrogen-bond acceptors (Lipinski definition) is 4. The van der Waals surface area contributed by atoms with Crippen molar-refractivity contribution in [1.82, 2.24) is 14.8 Å². The van der Waals surface area contributed by atoms with Gasteiger partial charge in [0, 0.05) is 30.6 Å². The first-order valence-electron chi connectivity index (χ1n) is 6.89. The largest absolute Gasteiger partial charge is 0.324 e. The van der Waals surface area contributed by atoms with Crippen LogP contribution in [0.2, 0.25) is 0 Å². The first-order valence-corrected chi connectivity index (χ1v) is 7.77. The highest BCUT2D eigenvalue weighted by molar-refractivity contribution is 7.13. The summed E-state index contributed by atoms with van der Waals surface area (Å²) >= 11 is 1.65. The van der Waals surface area contributed by atoms with Crippen LogP contribution in [0.3, 0.4) is 0 Å². The molecule has 2 aromatic heterocycles. The van der Waals surface area contributed by atoms with Crippen molar-refractivity contribution in [2.45, 2.75) is 19.4 Å². The van der Waals surface area contributed by atoms with E-state index in [1.807, 2.05) is 36.1 Å². The molecule has 0 spiro atoms. The zero-order chi connectivity index (χ0) is 14.8. The molecule has 21 heavy (non-hydrogen) atoms. The molecule has 0 aliphatic carbocycles. The minimum atomic E-state index is -0.0175. The normalized spacial score (nSPS) is 12.5. The number of nitrogens with two attached hydrogens (primary N) is 1. The molecule has 0 amide bonds. The number of thiazole rings is 1. The van der Waals surface area contributed by atoms with Gasteiger partial charge in [0.2, 0.25) is 0 Å². The molecule has 0 saturated heterocycles. The van der Waals surface area contributed by atoms with E-state index in [-0.39, 0.29) is 6.04 Å². The lowest BCUT2D eigenvalue weighted by Crippen LogP contribution is -2.13. The highest BCUT2D eigenvalue weighted by Crippen LogP contribution is 2.27.